The molecule has 4 saturated carbocycles. The van der Waals surface area contributed by atoms with Gasteiger partial charge in [-0.1, -0.05) is 87.6 Å². The van der Waals surface area contributed by atoms with Crippen molar-refractivity contribution in [3.63, 3.8) is 0 Å². The summed E-state index contributed by atoms with van der Waals surface area (Å²) in [6.45, 7) is 5.47. The van der Waals surface area contributed by atoms with Crippen molar-refractivity contribution in [3.05, 3.63) is 0 Å². The predicted octanol–water partition coefficient (Wildman–Crippen LogP) is 8.12. The maximum Gasteiger partial charge on any atom is 0.222 e. The van der Waals surface area contributed by atoms with E-state index in [1.807, 2.05) is 11.9 Å². The molecule has 4 aliphatic rings. The number of carbonyl (C=O) groups is 1. The van der Waals surface area contributed by atoms with E-state index in [2.05, 4.69) is 29.8 Å². The molecule has 0 spiro atoms. The summed E-state index contributed by atoms with van der Waals surface area (Å²) in [5, 5.41) is 21.6. The number of nitrogens with zero attached hydrogens (tertiary/aromatic N) is 1. The fourth-order valence-corrected chi connectivity index (χ4v) is 10.8. The lowest BCUT2D eigenvalue weighted by molar-refractivity contribution is -0.130. The lowest BCUT2D eigenvalue weighted by Crippen LogP contribution is -2.53. The molecule has 39 heavy (non-hydrogen) atoms. The molecule has 0 aromatic heterocycles. The highest BCUT2D eigenvalue weighted by molar-refractivity contribution is 9.09. The first-order valence-corrected chi connectivity index (χ1v) is 17.9. The summed E-state index contributed by atoms with van der Waals surface area (Å²) < 4.78 is 0. The molecule has 0 aliphatic heterocycles. The number of hydrogen-bond donors (Lipinski definition) is 2. The van der Waals surface area contributed by atoms with E-state index in [0.29, 0.717) is 11.8 Å². The molecule has 0 saturated heterocycles. The van der Waals surface area contributed by atoms with Crippen molar-refractivity contribution in [2.24, 2.45) is 40.9 Å². The Hall–Kier alpha value is -0.130. The number of amides is 1. The van der Waals surface area contributed by atoms with E-state index in [1.54, 1.807) is 0 Å². The van der Waals surface area contributed by atoms with Crippen LogP contribution in [0.25, 0.3) is 0 Å². The Morgan fingerprint density at radius 2 is 1.59 bits per heavy atom. The van der Waals surface area contributed by atoms with Gasteiger partial charge in [0.25, 0.3) is 0 Å². The third-order valence-electron chi connectivity index (χ3n) is 12.0. The number of hydrogen-bond acceptors (Lipinski definition) is 3. The minimum atomic E-state index is -0.199. The van der Waals surface area contributed by atoms with Crippen molar-refractivity contribution in [2.45, 2.75) is 153 Å². The van der Waals surface area contributed by atoms with Crippen LogP contribution in [-0.4, -0.2) is 51.6 Å². The van der Waals surface area contributed by atoms with Crippen LogP contribution in [0.3, 0.4) is 0 Å². The number of fused-ring (bicyclic) bond motifs is 5. The van der Waals surface area contributed by atoms with Crippen molar-refractivity contribution < 1.29 is 15.0 Å². The second-order valence-electron chi connectivity index (χ2n) is 14.5. The standard InChI is InChI=1S/C34H60BrNO3/c1-4-5-20-36(3)31(38)15-13-11-9-7-6-8-10-12-14-24-21-25-22-26(37)16-17-27(25)28-18-19-34(2)29(32(24)28)23-30(35)33(34)39/h24-30,32-33,37,39H,4-23H2,1-3H3/t24-,25?,26?,27?,28?,29?,30-,32?,33-,34+/m1/s1. The van der Waals surface area contributed by atoms with Crippen molar-refractivity contribution in [2.75, 3.05) is 13.6 Å². The van der Waals surface area contributed by atoms with Crippen LogP contribution in [-0.2, 0) is 4.79 Å². The van der Waals surface area contributed by atoms with Gasteiger partial charge in [-0.05, 0) is 98.7 Å². The van der Waals surface area contributed by atoms with Crippen LogP contribution in [0.1, 0.15) is 136 Å². The molecule has 6 unspecified atom stereocenters. The molecule has 0 radical (unpaired) electrons. The van der Waals surface area contributed by atoms with Crippen LogP contribution >= 0.6 is 15.9 Å². The number of halogens is 1. The van der Waals surface area contributed by atoms with Crippen LogP contribution in [0.4, 0.5) is 0 Å². The van der Waals surface area contributed by atoms with Gasteiger partial charge >= 0.3 is 0 Å². The van der Waals surface area contributed by atoms with Gasteiger partial charge in [0.05, 0.1) is 12.2 Å². The summed E-state index contributed by atoms with van der Waals surface area (Å²) in [6.07, 6.45) is 22.4. The lowest BCUT2D eigenvalue weighted by atomic mass is 9.47. The lowest BCUT2D eigenvalue weighted by Gasteiger charge is -2.58. The van der Waals surface area contributed by atoms with Gasteiger partial charge in [-0.15, -0.1) is 0 Å². The largest absolute Gasteiger partial charge is 0.393 e. The smallest absolute Gasteiger partial charge is 0.222 e. The highest BCUT2D eigenvalue weighted by atomic mass is 79.9. The molecule has 4 aliphatic carbocycles. The van der Waals surface area contributed by atoms with Crippen LogP contribution in [0.15, 0.2) is 0 Å². The van der Waals surface area contributed by atoms with Crippen LogP contribution in [0, 0.1) is 40.9 Å². The fourth-order valence-electron chi connectivity index (χ4n) is 9.76. The Morgan fingerprint density at radius 3 is 2.31 bits per heavy atom. The van der Waals surface area contributed by atoms with Gasteiger partial charge in [0, 0.05) is 24.8 Å². The average molecular weight is 611 g/mol. The van der Waals surface area contributed by atoms with Gasteiger partial charge in [0.2, 0.25) is 5.91 Å². The average Bonchev–Trinajstić information content (AvgIpc) is 3.15. The molecule has 0 aromatic carbocycles. The van der Waals surface area contributed by atoms with E-state index in [0.717, 1.165) is 81.1 Å². The Labute approximate surface area is 248 Å². The number of rotatable bonds is 14. The van der Waals surface area contributed by atoms with Crippen LogP contribution in [0.2, 0.25) is 0 Å². The summed E-state index contributed by atoms with van der Waals surface area (Å²) in [6, 6.07) is 0. The molecule has 4 nitrogen and oxygen atoms in total. The van der Waals surface area contributed by atoms with Gasteiger partial charge in [-0.25, -0.2) is 0 Å². The van der Waals surface area contributed by atoms with E-state index in [1.165, 1.54) is 77.0 Å². The summed E-state index contributed by atoms with van der Waals surface area (Å²) in [5.41, 5.74) is 0.0874. The molecule has 4 rings (SSSR count). The first-order valence-electron chi connectivity index (χ1n) is 17.0. The molecule has 0 bridgehead atoms. The minimum Gasteiger partial charge on any atom is -0.393 e. The number of alkyl halides is 1. The molecule has 2 N–H and O–H groups in total. The molecular formula is C34H60BrNO3. The van der Waals surface area contributed by atoms with Gasteiger partial charge < -0.3 is 15.1 Å². The minimum absolute atomic E-state index is 0.0716. The molecule has 4 fully saturated rings. The Balaban J connectivity index is 1.18. The quantitative estimate of drug-likeness (QED) is 0.154. The highest BCUT2D eigenvalue weighted by Gasteiger charge is 2.61. The normalized spacial score (nSPS) is 39.6. The molecule has 226 valence electrons. The van der Waals surface area contributed by atoms with E-state index >= 15 is 0 Å². The van der Waals surface area contributed by atoms with Crippen molar-refractivity contribution in [3.8, 4) is 0 Å². The van der Waals surface area contributed by atoms with E-state index in [4.69, 9.17) is 0 Å². The Morgan fingerprint density at radius 1 is 0.897 bits per heavy atom. The monoisotopic (exact) mass is 609 g/mol. The Kier molecular flexibility index (Phi) is 12.1. The SMILES string of the molecule is CCCCN(C)C(=O)CCCCCCCCCC[C@@H]1CC2CC(O)CCC2C2CC[C@@]3(C)C(C[C@@H](Br)[C@H]3O)C21. The van der Waals surface area contributed by atoms with Crippen molar-refractivity contribution in [1.82, 2.24) is 4.90 Å². The zero-order valence-corrected chi connectivity index (χ0v) is 27.1. The zero-order valence-electron chi connectivity index (χ0n) is 25.5. The molecule has 0 aromatic rings. The van der Waals surface area contributed by atoms with Gasteiger partial charge in [-0.2, -0.15) is 0 Å². The second kappa shape index (κ2) is 14.9. The molecule has 10 atom stereocenters. The van der Waals surface area contributed by atoms with Gasteiger partial charge in [0.1, 0.15) is 0 Å². The maximum absolute atomic E-state index is 12.2. The molecule has 1 amide bonds. The first kappa shape index (κ1) is 31.8. The third kappa shape index (κ3) is 7.64. The maximum atomic E-state index is 12.2. The third-order valence-corrected chi connectivity index (χ3v) is 12.9. The topological polar surface area (TPSA) is 60.8 Å². The molecular weight excluding hydrogens is 550 g/mol. The fraction of sp³-hybridized carbons (Fsp3) is 0.971. The summed E-state index contributed by atoms with van der Waals surface area (Å²) in [4.78, 5) is 14.4. The Bertz CT molecular complexity index is 763. The highest BCUT2D eigenvalue weighted by Crippen LogP contribution is 2.65. The van der Waals surface area contributed by atoms with Crippen molar-refractivity contribution in [1.29, 1.82) is 0 Å². The van der Waals surface area contributed by atoms with Crippen LogP contribution in [0.5, 0.6) is 0 Å². The number of aliphatic hydroxyl groups excluding tert-OH is 2. The van der Waals surface area contributed by atoms with Gasteiger partial charge in [0.15, 0.2) is 0 Å². The van der Waals surface area contributed by atoms with E-state index in [9.17, 15) is 15.0 Å². The summed E-state index contributed by atoms with van der Waals surface area (Å²) in [7, 11) is 1.95. The van der Waals surface area contributed by atoms with E-state index in [-0.39, 0.29) is 22.5 Å². The first-order chi connectivity index (χ1) is 18.8. The summed E-state index contributed by atoms with van der Waals surface area (Å²) >= 11 is 3.87. The van der Waals surface area contributed by atoms with Crippen molar-refractivity contribution >= 4 is 21.8 Å². The summed E-state index contributed by atoms with van der Waals surface area (Å²) in [5.74, 6) is 4.91. The van der Waals surface area contributed by atoms with Crippen LogP contribution < -0.4 is 0 Å². The molecule has 5 heteroatoms. The van der Waals surface area contributed by atoms with E-state index < -0.39 is 0 Å². The van der Waals surface area contributed by atoms with Gasteiger partial charge in [-0.3, -0.25) is 4.79 Å². The predicted molar refractivity (Wildman–Crippen MR) is 165 cm³/mol. The number of unbranched alkanes of at least 4 members (excludes halogenated alkanes) is 8. The molecule has 0 heterocycles. The second-order valence-corrected chi connectivity index (χ2v) is 15.7. The number of carbonyl (C=O) groups excluding carboxylic acids is 1. The number of aliphatic hydroxyl groups is 2. The zero-order chi connectivity index (χ0) is 28.0.